The van der Waals surface area contributed by atoms with Crippen LogP contribution in [0, 0.1) is 11.3 Å². The maximum absolute atomic E-state index is 11.2. The van der Waals surface area contributed by atoms with Crippen molar-refractivity contribution in [3.05, 3.63) is 23.9 Å². The van der Waals surface area contributed by atoms with Gasteiger partial charge in [-0.2, -0.15) is 5.26 Å². The van der Waals surface area contributed by atoms with Gasteiger partial charge in [-0.25, -0.2) is 9.78 Å². The highest BCUT2D eigenvalue weighted by molar-refractivity contribution is 5.80. The van der Waals surface area contributed by atoms with Crippen LogP contribution in [0.25, 0.3) is 0 Å². The summed E-state index contributed by atoms with van der Waals surface area (Å²) in [5, 5.41) is 11.6. The molecule has 5 heteroatoms. The maximum atomic E-state index is 11.2. The minimum Gasteiger partial charge on any atom is -0.464 e. The summed E-state index contributed by atoms with van der Waals surface area (Å²) in [4.78, 5) is 15.2. The topological polar surface area (TPSA) is 75.0 Å². The lowest BCUT2D eigenvalue weighted by atomic mass is 10.2. The van der Waals surface area contributed by atoms with Gasteiger partial charge in [-0.15, -0.1) is 0 Å². The van der Waals surface area contributed by atoms with E-state index >= 15 is 0 Å². The number of nitriles is 1. The zero-order chi connectivity index (χ0) is 10.7. The van der Waals surface area contributed by atoms with Gasteiger partial charge in [-0.1, -0.05) is 0 Å². The number of carbonyl (C=O) groups excluding carboxylic acids is 1. The number of hydrogen-bond donors (Lipinski definition) is 1. The molecule has 2 heterocycles. The molecule has 1 saturated heterocycles. The van der Waals surface area contributed by atoms with Crippen LogP contribution in [0.1, 0.15) is 12.0 Å². The van der Waals surface area contributed by atoms with E-state index in [0.717, 1.165) is 0 Å². The fourth-order valence-corrected chi connectivity index (χ4v) is 1.38. The van der Waals surface area contributed by atoms with Crippen molar-refractivity contribution in [2.24, 2.45) is 0 Å². The van der Waals surface area contributed by atoms with E-state index in [2.05, 4.69) is 10.3 Å². The molecule has 1 atom stereocenters. The number of nitrogens with zero attached hydrogens (tertiary/aromatic N) is 2. The summed E-state index contributed by atoms with van der Waals surface area (Å²) in [5.41, 5.74) is 0.513. The van der Waals surface area contributed by atoms with Gasteiger partial charge in [0.25, 0.3) is 0 Å². The molecule has 1 fully saturated rings. The highest BCUT2D eigenvalue weighted by Crippen LogP contribution is 2.13. The lowest BCUT2D eigenvalue weighted by Gasteiger charge is -2.08. The van der Waals surface area contributed by atoms with Crippen LogP contribution in [-0.4, -0.2) is 23.6 Å². The minimum absolute atomic E-state index is 0.265. The molecule has 1 aliphatic heterocycles. The number of rotatable bonds is 2. The molecular formula is C10H9N3O2. The zero-order valence-electron chi connectivity index (χ0n) is 7.93. The minimum atomic E-state index is -0.341. The van der Waals surface area contributed by atoms with Gasteiger partial charge in [0.15, 0.2) is 0 Å². The first kappa shape index (κ1) is 9.46. The molecule has 0 aromatic carbocycles. The summed E-state index contributed by atoms with van der Waals surface area (Å²) < 4.78 is 4.80. The Balaban J connectivity index is 2.10. The fraction of sp³-hybridized carbons (Fsp3) is 0.300. The normalized spacial score (nSPS) is 19.4. The molecule has 15 heavy (non-hydrogen) atoms. The predicted molar refractivity (Wildman–Crippen MR) is 51.9 cm³/mol. The van der Waals surface area contributed by atoms with Crippen molar-refractivity contribution >= 4 is 11.8 Å². The van der Waals surface area contributed by atoms with Crippen molar-refractivity contribution in [2.45, 2.75) is 12.5 Å². The highest BCUT2D eigenvalue weighted by Gasteiger charge is 2.26. The summed E-state index contributed by atoms with van der Waals surface area (Å²) >= 11 is 0. The standard InChI is InChI=1S/C10H9N3O2/c11-6-7-1-3-12-9(5-7)13-8-2-4-15-10(8)14/h1,3,5,8H,2,4H2,(H,12,13). The summed E-state index contributed by atoms with van der Waals surface area (Å²) in [7, 11) is 0. The number of carbonyl (C=O) groups is 1. The van der Waals surface area contributed by atoms with Crippen LogP contribution in [0.3, 0.4) is 0 Å². The number of aromatic nitrogens is 1. The second kappa shape index (κ2) is 3.96. The highest BCUT2D eigenvalue weighted by atomic mass is 16.5. The Kier molecular flexibility index (Phi) is 2.50. The zero-order valence-corrected chi connectivity index (χ0v) is 7.93. The Morgan fingerprint density at radius 1 is 1.67 bits per heavy atom. The third-order valence-electron chi connectivity index (χ3n) is 2.15. The second-order valence-corrected chi connectivity index (χ2v) is 3.19. The molecule has 76 valence electrons. The molecule has 1 N–H and O–H groups in total. The van der Waals surface area contributed by atoms with E-state index < -0.39 is 0 Å². The first-order valence-corrected chi connectivity index (χ1v) is 4.59. The molecule has 1 aromatic heterocycles. The van der Waals surface area contributed by atoms with Crippen molar-refractivity contribution in [3.8, 4) is 6.07 Å². The van der Waals surface area contributed by atoms with Crippen LogP contribution in [0.15, 0.2) is 18.3 Å². The van der Waals surface area contributed by atoms with E-state index in [-0.39, 0.29) is 12.0 Å². The van der Waals surface area contributed by atoms with Crippen LogP contribution in [0.5, 0.6) is 0 Å². The number of nitrogens with one attached hydrogen (secondary N) is 1. The van der Waals surface area contributed by atoms with Gasteiger partial charge >= 0.3 is 5.97 Å². The Morgan fingerprint density at radius 3 is 3.20 bits per heavy atom. The van der Waals surface area contributed by atoms with E-state index in [1.165, 1.54) is 6.20 Å². The Morgan fingerprint density at radius 2 is 2.53 bits per heavy atom. The van der Waals surface area contributed by atoms with Crippen molar-refractivity contribution in [2.75, 3.05) is 11.9 Å². The number of cyclic esters (lactones) is 1. The molecule has 5 nitrogen and oxygen atoms in total. The first-order valence-electron chi connectivity index (χ1n) is 4.59. The van der Waals surface area contributed by atoms with E-state index in [1.807, 2.05) is 6.07 Å². The third kappa shape index (κ3) is 2.05. The number of pyridine rings is 1. The van der Waals surface area contributed by atoms with Crippen molar-refractivity contribution in [3.63, 3.8) is 0 Å². The summed E-state index contributed by atoms with van der Waals surface area (Å²) in [6.07, 6.45) is 2.17. The average Bonchev–Trinajstić information content (AvgIpc) is 2.65. The summed E-state index contributed by atoms with van der Waals surface area (Å²) in [5.74, 6) is 0.261. The van der Waals surface area contributed by atoms with E-state index in [1.54, 1.807) is 12.1 Å². The van der Waals surface area contributed by atoms with Gasteiger partial charge in [0.05, 0.1) is 18.2 Å². The molecule has 1 unspecified atom stereocenters. The van der Waals surface area contributed by atoms with Gasteiger partial charge in [0, 0.05) is 12.6 Å². The molecule has 0 spiro atoms. The number of ether oxygens (including phenoxy) is 1. The Hall–Kier alpha value is -2.09. The lowest BCUT2D eigenvalue weighted by Crippen LogP contribution is -2.24. The summed E-state index contributed by atoms with van der Waals surface area (Å²) in [6, 6.07) is 4.88. The van der Waals surface area contributed by atoms with Crippen LogP contribution >= 0.6 is 0 Å². The van der Waals surface area contributed by atoms with Crippen LogP contribution in [0.2, 0.25) is 0 Å². The Labute approximate surface area is 86.7 Å². The molecule has 0 saturated carbocycles. The first-order chi connectivity index (χ1) is 7.29. The molecule has 1 aromatic rings. The SMILES string of the molecule is N#Cc1ccnc(NC2CCOC2=O)c1. The predicted octanol–water partition coefficient (Wildman–Crippen LogP) is 0.681. The molecule has 0 bridgehead atoms. The third-order valence-corrected chi connectivity index (χ3v) is 2.15. The molecule has 0 amide bonds. The average molecular weight is 203 g/mol. The van der Waals surface area contributed by atoms with Gasteiger partial charge in [0.2, 0.25) is 0 Å². The van der Waals surface area contributed by atoms with Crippen molar-refractivity contribution in [1.29, 1.82) is 5.26 Å². The fourth-order valence-electron chi connectivity index (χ4n) is 1.38. The van der Waals surface area contributed by atoms with Gasteiger partial charge < -0.3 is 10.1 Å². The lowest BCUT2D eigenvalue weighted by molar-refractivity contribution is -0.138. The van der Waals surface area contributed by atoms with E-state index in [9.17, 15) is 4.79 Å². The molecule has 0 radical (unpaired) electrons. The van der Waals surface area contributed by atoms with Crippen LogP contribution in [0.4, 0.5) is 5.82 Å². The van der Waals surface area contributed by atoms with Gasteiger partial charge in [-0.3, -0.25) is 0 Å². The largest absolute Gasteiger partial charge is 0.464 e. The van der Waals surface area contributed by atoms with Crippen LogP contribution < -0.4 is 5.32 Å². The maximum Gasteiger partial charge on any atom is 0.328 e. The van der Waals surface area contributed by atoms with Gasteiger partial charge in [-0.05, 0) is 12.1 Å². The van der Waals surface area contributed by atoms with Crippen molar-refractivity contribution < 1.29 is 9.53 Å². The number of anilines is 1. The molecular weight excluding hydrogens is 194 g/mol. The second-order valence-electron chi connectivity index (χ2n) is 3.19. The number of hydrogen-bond acceptors (Lipinski definition) is 5. The quantitative estimate of drug-likeness (QED) is 0.715. The van der Waals surface area contributed by atoms with Gasteiger partial charge in [0.1, 0.15) is 11.9 Å². The van der Waals surface area contributed by atoms with Crippen LogP contribution in [-0.2, 0) is 9.53 Å². The monoisotopic (exact) mass is 203 g/mol. The molecule has 2 rings (SSSR count). The number of esters is 1. The molecule has 1 aliphatic rings. The van der Waals surface area contributed by atoms with E-state index in [4.69, 9.17) is 10.00 Å². The van der Waals surface area contributed by atoms with E-state index in [0.29, 0.717) is 24.4 Å². The summed E-state index contributed by atoms with van der Waals surface area (Å²) in [6.45, 7) is 0.439. The van der Waals surface area contributed by atoms with Crippen molar-refractivity contribution in [1.82, 2.24) is 4.98 Å². The smallest absolute Gasteiger partial charge is 0.328 e. The Bertz CT molecular complexity index is 425. The molecule has 0 aliphatic carbocycles.